The Morgan fingerprint density at radius 1 is 0.946 bits per heavy atom. The average Bonchev–Trinajstić information content (AvgIpc) is 3.83. The van der Waals surface area contributed by atoms with Crippen molar-refractivity contribution in [1.82, 2.24) is 25.8 Å². The van der Waals surface area contributed by atoms with Gasteiger partial charge in [-0.05, 0) is 83.1 Å². The fourth-order valence-corrected chi connectivity index (χ4v) is 7.94. The minimum Gasteiger partial charge on any atom is -0.481 e. The molecule has 3 amide bonds. The van der Waals surface area contributed by atoms with Crippen LogP contribution in [0, 0.1) is 0 Å². The summed E-state index contributed by atoms with van der Waals surface area (Å²) in [6.45, 7) is 1.52. The molecule has 18 heteroatoms. The van der Waals surface area contributed by atoms with E-state index in [4.69, 9.17) is 10.5 Å². The Morgan fingerprint density at radius 2 is 1.71 bits per heavy atom. The summed E-state index contributed by atoms with van der Waals surface area (Å²) in [5, 5.41) is 31.8. The molecule has 4 atom stereocenters. The van der Waals surface area contributed by atoms with Gasteiger partial charge >= 0.3 is 18.0 Å². The fourth-order valence-electron chi connectivity index (χ4n) is 5.83. The zero-order chi connectivity index (χ0) is 40.5. The lowest BCUT2D eigenvalue weighted by Crippen LogP contribution is -2.53. The number of unbranched alkanes of at least 4 members (excludes halogenated alkanes) is 2. The first-order chi connectivity index (χ1) is 26.9. The van der Waals surface area contributed by atoms with Crippen molar-refractivity contribution >= 4 is 73.9 Å². The Balaban J connectivity index is 1.44. The number of nitrogens with one attached hydrogen (secondary N) is 4. The summed E-state index contributed by atoms with van der Waals surface area (Å²) in [6.07, 6.45) is 2.73. The predicted octanol–water partition coefficient (Wildman–Crippen LogP) is 3.65. The van der Waals surface area contributed by atoms with Gasteiger partial charge < -0.3 is 46.9 Å². The van der Waals surface area contributed by atoms with Gasteiger partial charge in [-0.15, -0.1) is 23.1 Å². The number of thiazole rings is 1. The second-order valence-electron chi connectivity index (χ2n) is 13.7. The lowest BCUT2D eigenvalue weighted by atomic mass is 10.0. The number of hydrogen-bond acceptors (Lipinski definition) is 13. The van der Waals surface area contributed by atoms with Crippen LogP contribution in [0.25, 0.3) is 10.2 Å². The van der Waals surface area contributed by atoms with E-state index in [1.807, 2.05) is 38.4 Å². The molecular formula is C38H52N8O8S2. The van der Waals surface area contributed by atoms with Gasteiger partial charge in [0.05, 0.1) is 16.3 Å². The summed E-state index contributed by atoms with van der Waals surface area (Å²) in [7, 11) is 3.96. The van der Waals surface area contributed by atoms with Crippen LogP contribution in [-0.2, 0) is 30.5 Å². The maximum atomic E-state index is 13.8. The van der Waals surface area contributed by atoms with Gasteiger partial charge in [-0.1, -0.05) is 43.2 Å². The summed E-state index contributed by atoms with van der Waals surface area (Å²) in [4.78, 5) is 73.9. The van der Waals surface area contributed by atoms with Crippen molar-refractivity contribution in [2.24, 2.45) is 10.7 Å². The number of anilines is 1. The zero-order valence-electron chi connectivity index (χ0n) is 31.7. The van der Waals surface area contributed by atoms with Gasteiger partial charge in [0, 0.05) is 30.4 Å². The average molecular weight is 813 g/mol. The summed E-state index contributed by atoms with van der Waals surface area (Å²) < 4.78 is 6.12. The number of nitrogens with zero attached hydrogens (tertiary/aromatic N) is 3. The third-order valence-corrected chi connectivity index (χ3v) is 11.1. The summed E-state index contributed by atoms with van der Waals surface area (Å²) in [5.74, 6) is -2.55. The monoisotopic (exact) mass is 812 g/mol. The number of aliphatic imine (C=N–C) groups is 1. The number of carbonyl (C=O) groups is 5. The molecule has 0 spiro atoms. The molecule has 0 saturated carbocycles. The number of benzene rings is 2. The van der Waals surface area contributed by atoms with Crippen molar-refractivity contribution < 1.29 is 38.9 Å². The van der Waals surface area contributed by atoms with Gasteiger partial charge in [-0.2, -0.15) is 0 Å². The molecular weight excluding hydrogens is 761 g/mol. The smallest absolute Gasteiger partial charge is 0.408 e. The van der Waals surface area contributed by atoms with Crippen molar-refractivity contribution in [3.05, 3.63) is 59.1 Å². The highest BCUT2D eigenvalue weighted by Gasteiger charge is 2.28. The Kier molecular flexibility index (Phi) is 18.0. The molecule has 1 aliphatic rings. The van der Waals surface area contributed by atoms with Gasteiger partial charge in [0.1, 0.15) is 22.7 Å². The van der Waals surface area contributed by atoms with E-state index in [1.165, 1.54) is 23.1 Å². The predicted molar refractivity (Wildman–Crippen MR) is 218 cm³/mol. The van der Waals surface area contributed by atoms with E-state index < -0.39 is 48.1 Å². The number of aromatic nitrogens is 1. The molecule has 0 bridgehead atoms. The van der Waals surface area contributed by atoms with Crippen molar-refractivity contribution in [2.75, 3.05) is 44.8 Å². The summed E-state index contributed by atoms with van der Waals surface area (Å²) in [5.41, 5.74) is 7.79. The van der Waals surface area contributed by atoms with Crippen LogP contribution in [0.2, 0.25) is 0 Å². The Morgan fingerprint density at radius 3 is 2.41 bits per heavy atom. The molecule has 56 heavy (non-hydrogen) atoms. The normalized spacial score (nSPS) is 15.5. The number of amides is 3. The van der Waals surface area contributed by atoms with Gasteiger partial charge in [0.15, 0.2) is 6.04 Å². The SMILES string of the molecule is CN(C)CCCCC(CNC(CCCCN)C(=O)Nc1ccc2nc(C3=NC(C(=O)O)CS3)sc2c1)NC(=O)C(CCC(=O)O)NC(=O)OCc1ccccc1. The molecule has 2 heterocycles. The molecule has 1 aliphatic heterocycles. The summed E-state index contributed by atoms with van der Waals surface area (Å²) in [6, 6.07) is 11.4. The highest BCUT2D eigenvalue weighted by atomic mass is 32.2. The molecule has 3 aromatic rings. The number of nitrogens with two attached hydrogens (primary N) is 1. The first-order valence-corrected chi connectivity index (χ1v) is 20.4. The second kappa shape index (κ2) is 22.8. The van der Waals surface area contributed by atoms with Crippen molar-refractivity contribution in [2.45, 2.75) is 82.1 Å². The maximum Gasteiger partial charge on any atom is 0.408 e. The number of carbonyl (C=O) groups excluding carboxylic acids is 3. The number of carboxylic acid groups (broad SMARTS) is 2. The molecule has 4 unspecified atom stereocenters. The molecule has 0 radical (unpaired) electrons. The van der Waals surface area contributed by atoms with Crippen molar-refractivity contribution in [3.8, 4) is 0 Å². The molecule has 2 aromatic carbocycles. The Bertz CT molecular complexity index is 1810. The van der Waals surface area contributed by atoms with Crippen molar-refractivity contribution in [1.29, 1.82) is 0 Å². The number of aliphatic carboxylic acids is 2. The molecule has 304 valence electrons. The van der Waals surface area contributed by atoms with Crippen LogP contribution in [0.1, 0.15) is 61.9 Å². The number of rotatable bonds is 24. The van der Waals surface area contributed by atoms with Crippen LogP contribution >= 0.6 is 23.1 Å². The molecule has 0 saturated heterocycles. The minimum absolute atomic E-state index is 0.0189. The second-order valence-corrected chi connectivity index (χ2v) is 15.8. The number of carboxylic acids is 2. The van der Waals surface area contributed by atoms with Crippen LogP contribution in [-0.4, -0.2) is 119 Å². The number of alkyl carbamates (subject to hydrolysis) is 1. The first-order valence-electron chi connectivity index (χ1n) is 18.6. The maximum absolute atomic E-state index is 13.8. The van der Waals surface area contributed by atoms with Gasteiger partial charge in [0.2, 0.25) is 11.8 Å². The minimum atomic E-state index is -1.16. The van der Waals surface area contributed by atoms with Crippen LogP contribution in [0.3, 0.4) is 0 Å². The molecule has 4 rings (SSSR count). The fraction of sp³-hybridized carbons (Fsp3) is 0.500. The van der Waals surface area contributed by atoms with E-state index in [2.05, 4.69) is 36.1 Å². The van der Waals surface area contributed by atoms with E-state index in [0.717, 1.165) is 29.6 Å². The van der Waals surface area contributed by atoms with E-state index >= 15 is 0 Å². The topological polar surface area (TPSA) is 238 Å². The zero-order valence-corrected chi connectivity index (χ0v) is 33.3. The third-order valence-electron chi connectivity index (χ3n) is 8.87. The van der Waals surface area contributed by atoms with E-state index in [-0.39, 0.29) is 31.9 Å². The number of thioether (sulfide) groups is 1. The standard InChI is InChI=1S/C38H52N8O8S2/c1-46(2)19-9-7-12-26(42-34(50)29(16-17-32(47)48)45-38(53)54-22-24-10-4-3-5-11-24)21-40-28(13-6-8-18-39)33(49)41-25-14-15-27-31(20-25)56-36(43-27)35-44-30(23-55-35)37(51)52/h3-5,10-11,14-15,20,26,28-30,40H,6-9,12-13,16-19,21-23,39H2,1-2H3,(H,41,49)(H,42,50)(H,45,53)(H,47,48)(H,51,52). The van der Waals surface area contributed by atoms with Gasteiger partial charge in [0.25, 0.3) is 0 Å². The van der Waals surface area contributed by atoms with Crippen LogP contribution in [0.4, 0.5) is 10.5 Å². The molecule has 0 aliphatic carbocycles. The van der Waals surface area contributed by atoms with Crippen LogP contribution in [0.15, 0.2) is 53.5 Å². The quantitative estimate of drug-likeness (QED) is 0.0641. The third kappa shape index (κ3) is 14.8. The summed E-state index contributed by atoms with van der Waals surface area (Å²) >= 11 is 2.73. The van der Waals surface area contributed by atoms with Gasteiger partial charge in [-0.25, -0.2) is 14.6 Å². The highest BCUT2D eigenvalue weighted by Crippen LogP contribution is 2.31. The lowest BCUT2D eigenvalue weighted by molar-refractivity contribution is -0.138. The van der Waals surface area contributed by atoms with E-state index in [9.17, 15) is 34.2 Å². The number of fused-ring (bicyclic) bond motifs is 1. The lowest BCUT2D eigenvalue weighted by Gasteiger charge is -2.26. The van der Waals surface area contributed by atoms with Crippen molar-refractivity contribution in [3.63, 3.8) is 0 Å². The molecule has 1 aromatic heterocycles. The Labute approximate surface area is 334 Å². The number of hydrogen-bond donors (Lipinski definition) is 7. The first kappa shape index (κ1) is 44.1. The number of ether oxygens (including phenoxy) is 1. The van der Waals surface area contributed by atoms with E-state index in [1.54, 1.807) is 24.3 Å². The molecule has 16 nitrogen and oxygen atoms in total. The molecule has 0 fully saturated rings. The molecule has 8 N–H and O–H groups in total. The largest absolute Gasteiger partial charge is 0.481 e. The van der Waals surface area contributed by atoms with Crippen LogP contribution in [0.5, 0.6) is 0 Å². The Hall–Kier alpha value is -4.62. The highest BCUT2D eigenvalue weighted by molar-refractivity contribution is 8.15. The van der Waals surface area contributed by atoms with Crippen LogP contribution < -0.4 is 27.0 Å². The van der Waals surface area contributed by atoms with E-state index in [0.29, 0.717) is 59.2 Å². The van der Waals surface area contributed by atoms with Gasteiger partial charge in [-0.3, -0.25) is 19.4 Å².